The number of aromatic nitrogens is 2. The van der Waals surface area contributed by atoms with Gasteiger partial charge in [-0.15, -0.1) is 0 Å². The van der Waals surface area contributed by atoms with Gasteiger partial charge in [-0.05, 0) is 32.3 Å². The van der Waals surface area contributed by atoms with Crippen molar-refractivity contribution in [1.82, 2.24) is 15.5 Å². The number of amides is 2. The van der Waals surface area contributed by atoms with Crippen LogP contribution < -0.4 is 10.6 Å². The number of furan rings is 1. The van der Waals surface area contributed by atoms with Gasteiger partial charge >= 0.3 is 0 Å². The Morgan fingerprint density at radius 2 is 2.09 bits per heavy atom. The van der Waals surface area contributed by atoms with Crippen LogP contribution in [0.1, 0.15) is 42.1 Å². The average molecular weight is 318 g/mol. The van der Waals surface area contributed by atoms with E-state index >= 15 is 0 Å². The second-order valence-corrected chi connectivity index (χ2v) is 5.94. The molecule has 2 heterocycles. The molecule has 0 aliphatic carbocycles. The van der Waals surface area contributed by atoms with Crippen molar-refractivity contribution in [2.75, 3.05) is 5.32 Å². The molecule has 0 aromatic carbocycles. The number of carbonyl (C=O) groups excluding carboxylic acids is 2. The van der Waals surface area contributed by atoms with Crippen molar-refractivity contribution in [1.29, 1.82) is 0 Å². The van der Waals surface area contributed by atoms with Gasteiger partial charge in [0.05, 0.1) is 11.8 Å². The highest BCUT2D eigenvalue weighted by Gasteiger charge is 2.24. The molecular formula is C16H22N4O3. The normalized spacial score (nSPS) is 12.2. The highest BCUT2D eigenvalue weighted by molar-refractivity contribution is 6.01. The van der Waals surface area contributed by atoms with Crippen molar-refractivity contribution < 1.29 is 14.0 Å². The Morgan fingerprint density at radius 1 is 1.35 bits per heavy atom. The van der Waals surface area contributed by atoms with Crippen LogP contribution >= 0.6 is 0 Å². The van der Waals surface area contributed by atoms with E-state index in [2.05, 4.69) is 20.8 Å². The average Bonchev–Trinajstić information content (AvgIpc) is 3.07. The highest BCUT2D eigenvalue weighted by Crippen LogP contribution is 2.15. The topological polar surface area (TPSA) is 100 Å². The van der Waals surface area contributed by atoms with E-state index in [1.165, 1.54) is 0 Å². The number of H-pyrrole nitrogens is 1. The molecule has 0 fully saturated rings. The lowest BCUT2D eigenvalue weighted by Crippen LogP contribution is -2.44. The molecule has 0 saturated carbocycles. The first-order valence-corrected chi connectivity index (χ1v) is 7.55. The van der Waals surface area contributed by atoms with Gasteiger partial charge in [0.1, 0.15) is 23.4 Å². The number of anilines is 1. The molecule has 0 unspecified atom stereocenters. The van der Waals surface area contributed by atoms with Gasteiger partial charge in [-0.3, -0.25) is 14.7 Å². The number of carbonyl (C=O) groups is 2. The minimum Gasteiger partial charge on any atom is -0.466 e. The molecule has 0 radical (unpaired) electrons. The molecule has 124 valence electrons. The molecule has 0 aliphatic rings. The number of nitrogens with zero attached hydrogens (tertiary/aromatic N) is 1. The first-order chi connectivity index (χ1) is 10.9. The van der Waals surface area contributed by atoms with Crippen molar-refractivity contribution in [3.63, 3.8) is 0 Å². The van der Waals surface area contributed by atoms with Gasteiger partial charge in [-0.25, -0.2) is 0 Å². The summed E-state index contributed by atoms with van der Waals surface area (Å²) in [7, 11) is 0. The number of hydrogen-bond acceptors (Lipinski definition) is 4. The molecule has 2 rings (SSSR count). The second-order valence-electron chi connectivity index (χ2n) is 5.94. The molecule has 23 heavy (non-hydrogen) atoms. The molecule has 7 heteroatoms. The molecule has 2 amide bonds. The molecule has 0 bridgehead atoms. The Bertz CT molecular complexity index is 674. The number of aryl methyl sites for hydroxylation is 2. The minimum absolute atomic E-state index is 0.250. The molecule has 7 nitrogen and oxygen atoms in total. The van der Waals surface area contributed by atoms with Crippen LogP contribution in [0.2, 0.25) is 0 Å². The molecule has 3 N–H and O–H groups in total. The lowest BCUT2D eigenvalue weighted by Gasteiger charge is -2.19. The third kappa shape index (κ3) is 4.45. The summed E-state index contributed by atoms with van der Waals surface area (Å²) in [5, 5.41) is 11.9. The molecule has 0 saturated heterocycles. The van der Waals surface area contributed by atoms with Crippen molar-refractivity contribution in [3.8, 4) is 0 Å². The largest absolute Gasteiger partial charge is 0.466 e. The predicted molar refractivity (Wildman–Crippen MR) is 86.1 cm³/mol. The van der Waals surface area contributed by atoms with E-state index in [0.717, 1.165) is 0 Å². The van der Waals surface area contributed by atoms with Gasteiger partial charge in [-0.2, -0.15) is 5.10 Å². The number of hydrogen-bond donors (Lipinski definition) is 3. The third-order valence-corrected chi connectivity index (χ3v) is 3.37. The van der Waals surface area contributed by atoms with E-state index in [9.17, 15) is 9.59 Å². The van der Waals surface area contributed by atoms with E-state index in [1.807, 2.05) is 13.8 Å². The van der Waals surface area contributed by atoms with Crippen molar-refractivity contribution in [3.05, 3.63) is 35.4 Å². The Labute approximate surface area is 134 Å². The van der Waals surface area contributed by atoms with Gasteiger partial charge in [0.2, 0.25) is 5.91 Å². The van der Waals surface area contributed by atoms with Gasteiger partial charge < -0.3 is 15.1 Å². The summed E-state index contributed by atoms with van der Waals surface area (Å²) in [6.07, 6.45) is 2.07. The molecule has 2 aromatic heterocycles. The fraction of sp³-hybridized carbons (Fsp3) is 0.438. The quantitative estimate of drug-likeness (QED) is 0.761. The van der Waals surface area contributed by atoms with Crippen LogP contribution in [0.4, 0.5) is 5.82 Å². The van der Waals surface area contributed by atoms with E-state index in [1.54, 1.807) is 32.2 Å². The number of nitrogens with one attached hydrogen (secondary N) is 3. The smallest absolute Gasteiger partial charge is 0.255 e. The molecule has 2 aromatic rings. The number of aromatic amines is 1. The van der Waals surface area contributed by atoms with Gasteiger partial charge in [0.25, 0.3) is 5.91 Å². The zero-order valence-electron chi connectivity index (χ0n) is 13.8. The maximum atomic E-state index is 12.4. The predicted octanol–water partition coefficient (Wildman–Crippen LogP) is 2.40. The van der Waals surface area contributed by atoms with Crippen LogP contribution in [0.3, 0.4) is 0 Å². The minimum atomic E-state index is -0.639. The van der Waals surface area contributed by atoms with Crippen molar-refractivity contribution in [2.45, 2.75) is 40.2 Å². The van der Waals surface area contributed by atoms with Crippen LogP contribution in [0.15, 0.2) is 22.7 Å². The highest BCUT2D eigenvalue weighted by atomic mass is 16.3. The van der Waals surface area contributed by atoms with E-state index in [4.69, 9.17) is 4.42 Å². The fourth-order valence-electron chi connectivity index (χ4n) is 2.34. The molecule has 1 atom stereocenters. The van der Waals surface area contributed by atoms with Crippen molar-refractivity contribution in [2.24, 2.45) is 5.92 Å². The third-order valence-electron chi connectivity index (χ3n) is 3.37. The van der Waals surface area contributed by atoms with Crippen molar-refractivity contribution >= 4 is 17.6 Å². The van der Waals surface area contributed by atoms with Crippen LogP contribution in [0, 0.1) is 19.8 Å². The van der Waals surface area contributed by atoms with Gasteiger partial charge in [0.15, 0.2) is 0 Å². The molecule has 0 aliphatic heterocycles. The van der Waals surface area contributed by atoms with Crippen LogP contribution in [0.25, 0.3) is 0 Å². The summed E-state index contributed by atoms with van der Waals surface area (Å²) in [5.74, 6) is 1.35. The monoisotopic (exact) mass is 318 g/mol. The Hall–Kier alpha value is -2.57. The Balaban J connectivity index is 2.10. The van der Waals surface area contributed by atoms with E-state index in [0.29, 0.717) is 29.3 Å². The zero-order chi connectivity index (χ0) is 17.0. The second kappa shape index (κ2) is 7.13. The summed E-state index contributed by atoms with van der Waals surface area (Å²) in [4.78, 5) is 24.8. The Morgan fingerprint density at radius 3 is 2.61 bits per heavy atom. The van der Waals surface area contributed by atoms with Gasteiger partial charge in [0, 0.05) is 6.07 Å². The summed E-state index contributed by atoms with van der Waals surface area (Å²) in [5.41, 5.74) is 0.450. The van der Waals surface area contributed by atoms with Crippen LogP contribution in [-0.4, -0.2) is 28.1 Å². The number of rotatable bonds is 6. The zero-order valence-corrected chi connectivity index (χ0v) is 13.8. The standard InChI is InChI=1S/C16H22N4O3/c1-9(2)7-13(16(22)19-14-5-6-17-20-14)18-15(21)12-8-10(3)23-11(12)4/h5-6,8-9,13H,7H2,1-4H3,(H,18,21)(H2,17,19,20,22)/t13-/m1/s1. The summed E-state index contributed by atoms with van der Waals surface area (Å²) >= 11 is 0. The molecule has 0 spiro atoms. The first-order valence-electron chi connectivity index (χ1n) is 7.55. The lowest BCUT2D eigenvalue weighted by atomic mass is 10.0. The van der Waals surface area contributed by atoms with Crippen LogP contribution in [-0.2, 0) is 4.79 Å². The summed E-state index contributed by atoms with van der Waals surface area (Å²) < 4.78 is 5.37. The summed E-state index contributed by atoms with van der Waals surface area (Å²) in [6, 6.07) is 2.68. The maximum Gasteiger partial charge on any atom is 0.255 e. The van der Waals surface area contributed by atoms with Gasteiger partial charge in [-0.1, -0.05) is 13.8 Å². The summed E-state index contributed by atoms with van der Waals surface area (Å²) in [6.45, 7) is 7.50. The SMILES string of the molecule is Cc1cc(C(=O)N[C@H](CC(C)C)C(=O)Nc2ccn[nH]2)c(C)o1. The van der Waals surface area contributed by atoms with Crippen LogP contribution in [0.5, 0.6) is 0 Å². The van der Waals surface area contributed by atoms with E-state index in [-0.39, 0.29) is 17.7 Å². The van der Waals surface area contributed by atoms with E-state index < -0.39 is 6.04 Å². The maximum absolute atomic E-state index is 12.4. The lowest BCUT2D eigenvalue weighted by molar-refractivity contribution is -0.118. The fourth-order valence-corrected chi connectivity index (χ4v) is 2.34. The first kappa shape index (κ1) is 16.8. The Kier molecular flexibility index (Phi) is 5.20. The molecular weight excluding hydrogens is 296 g/mol.